The summed E-state index contributed by atoms with van der Waals surface area (Å²) in [6.07, 6.45) is 0. The quantitative estimate of drug-likeness (QED) is 0.673. The third-order valence-electron chi connectivity index (χ3n) is 3.80. The van der Waals surface area contributed by atoms with Gasteiger partial charge in [0.25, 0.3) is 0 Å². The minimum atomic E-state index is -0.404. The van der Waals surface area contributed by atoms with Crippen LogP contribution in [0.4, 0.5) is 0 Å². The van der Waals surface area contributed by atoms with E-state index < -0.39 is 11.6 Å². The molecule has 1 aliphatic carbocycles. The van der Waals surface area contributed by atoms with Crippen LogP contribution in [0.1, 0.15) is 47.1 Å². The molecule has 0 radical (unpaired) electrons. The zero-order chi connectivity index (χ0) is 14.5. The highest BCUT2D eigenvalue weighted by Crippen LogP contribution is 2.35. The van der Waals surface area contributed by atoms with E-state index in [4.69, 9.17) is 0 Å². The second-order valence-corrected chi connectivity index (χ2v) is 6.21. The monoisotopic (exact) mass is 264 g/mol. The molecule has 20 heavy (non-hydrogen) atoms. The topological polar surface area (TPSA) is 34.1 Å². The second kappa shape index (κ2) is 4.14. The van der Waals surface area contributed by atoms with Gasteiger partial charge in [-0.25, -0.2) is 0 Å². The molecule has 0 fully saturated rings. The third-order valence-corrected chi connectivity index (χ3v) is 3.80. The number of benzene rings is 2. The fraction of sp³-hybridized carbons (Fsp3) is 0.222. The molecule has 0 atom stereocenters. The summed E-state index contributed by atoms with van der Waals surface area (Å²) in [6.45, 7) is 6.29. The van der Waals surface area contributed by atoms with Crippen LogP contribution in [0.3, 0.4) is 0 Å². The smallest absolute Gasteiger partial charge is 0.234 e. The summed E-state index contributed by atoms with van der Waals surface area (Å²) in [5, 5.41) is 0. The molecule has 0 saturated heterocycles. The minimum Gasteiger partial charge on any atom is -0.285 e. The van der Waals surface area contributed by atoms with Gasteiger partial charge in [0.2, 0.25) is 11.6 Å². The summed E-state index contributed by atoms with van der Waals surface area (Å²) in [4.78, 5) is 24.5. The van der Waals surface area contributed by atoms with E-state index in [0.29, 0.717) is 11.1 Å². The molecule has 0 spiro atoms. The van der Waals surface area contributed by atoms with Gasteiger partial charge in [0.05, 0.1) is 0 Å². The van der Waals surface area contributed by atoms with E-state index in [0.717, 1.165) is 16.7 Å². The van der Waals surface area contributed by atoms with Crippen LogP contribution in [0.2, 0.25) is 0 Å². The molecular weight excluding hydrogens is 248 g/mol. The maximum absolute atomic E-state index is 12.3. The maximum atomic E-state index is 12.3. The summed E-state index contributed by atoms with van der Waals surface area (Å²) < 4.78 is 0. The van der Waals surface area contributed by atoms with Gasteiger partial charge in [-0.2, -0.15) is 0 Å². The van der Waals surface area contributed by atoms with E-state index in [1.54, 1.807) is 12.1 Å². The van der Waals surface area contributed by atoms with Gasteiger partial charge >= 0.3 is 0 Å². The Bertz CT molecular complexity index is 733. The molecule has 2 aromatic carbocycles. The first-order valence-electron chi connectivity index (χ1n) is 6.72. The fourth-order valence-electron chi connectivity index (χ4n) is 2.59. The molecule has 1 aliphatic rings. The van der Waals surface area contributed by atoms with E-state index in [1.165, 1.54) is 0 Å². The highest BCUT2D eigenvalue weighted by atomic mass is 16.2. The lowest BCUT2D eigenvalue weighted by Crippen LogP contribution is -2.22. The first-order chi connectivity index (χ1) is 9.39. The highest BCUT2D eigenvalue weighted by molar-refractivity contribution is 6.53. The molecular formula is C18H16O2. The average Bonchev–Trinajstić information content (AvgIpc) is 2.43. The zero-order valence-electron chi connectivity index (χ0n) is 11.9. The molecule has 0 heterocycles. The molecule has 3 rings (SSSR count). The molecule has 0 unspecified atom stereocenters. The third kappa shape index (κ3) is 1.80. The van der Waals surface area contributed by atoms with Crippen molar-refractivity contribution in [1.82, 2.24) is 0 Å². The molecule has 0 saturated carbocycles. The first-order valence-corrected chi connectivity index (χ1v) is 6.72. The van der Waals surface area contributed by atoms with Gasteiger partial charge in [-0.1, -0.05) is 57.2 Å². The van der Waals surface area contributed by atoms with Crippen molar-refractivity contribution in [3.63, 3.8) is 0 Å². The largest absolute Gasteiger partial charge is 0.285 e. The molecule has 0 amide bonds. The average molecular weight is 264 g/mol. The standard InChI is InChI=1S/C18H16O2/c1-18(2,3)11-8-9-13-12-6-4-5-7-14(12)16(19)17(20)15(13)10-11/h4-10H,1-3H3. The number of Topliss-reactive ketones (excluding diaryl/α,β-unsaturated/α-hetero) is 2. The fourth-order valence-corrected chi connectivity index (χ4v) is 2.59. The Morgan fingerprint density at radius 2 is 1.25 bits per heavy atom. The number of hydrogen-bond donors (Lipinski definition) is 0. The number of fused-ring (bicyclic) bond motifs is 3. The van der Waals surface area contributed by atoms with Gasteiger partial charge in [-0.05, 0) is 28.2 Å². The van der Waals surface area contributed by atoms with Gasteiger partial charge in [0, 0.05) is 11.1 Å². The summed E-state index contributed by atoms with van der Waals surface area (Å²) >= 11 is 0. The summed E-state index contributed by atoms with van der Waals surface area (Å²) in [5.74, 6) is -0.802. The van der Waals surface area contributed by atoms with Crippen molar-refractivity contribution >= 4 is 11.6 Å². The molecule has 0 N–H and O–H groups in total. The van der Waals surface area contributed by atoms with Crippen LogP contribution in [-0.4, -0.2) is 11.6 Å². The number of rotatable bonds is 0. The van der Waals surface area contributed by atoms with Crippen LogP contribution in [0.25, 0.3) is 11.1 Å². The van der Waals surface area contributed by atoms with Crippen LogP contribution in [0.5, 0.6) is 0 Å². The second-order valence-electron chi connectivity index (χ2n) is 6.21. The van der Waals surface area contributed by atoms with E-state index in [2.05, 4.69) is 20.8 Å². The van der Waals surface area contributed by atoms with Crippen LogP contribution in [-0.2, 0) is 5.41 Å². The van der Waals surface area contributed by atoms with E-state index in [9.17, 15) is 9.59 Å². The van der Waals surface area contributed by atoms with Crippen molar-refractivity contribution in [2.45, 2.75) is 26.2 Å². The molecule has 2 heteroatoms. The van der Waals surface area contributed by atoms with E-state index >= 15 is 0 Å². The SMILES string of the molecule is CC(C)(C)c1ccc2c(c1)C(=O)C(=O)c1ccccc1-2. The van der Waals surface area contributed by atoms with Crippen molar-refractivity contribution in [2.75, 3.05) is 0 Å². The van der Waals surface area contributed by atoms with Gasteiger partial charge in [-0.15, -0.1) is 0 Å². The molecule has 2 nitrogen and oxygen atoms in total. The lowest BCUT2D eigenvalue weighted by Gasteiger charge is -2.23. The number of hydrogen-bond acceptors (Lipinski definition) is 2. The Morgan fingerprint density at radius 1 is 0.700 bits per heavy atom. The minimum absolute atomic E-state index is 0.0463. The van der Waals surface area contributed by atoms with Crippen LogP contribution < -0.4 is 0 Å². The number of carbonyl (C=O) groups is 2. The summed E-state index contributed by atoms with van der Waals surface area (Å²) in [6, 6.07) is 13.2. The molecule has 0 bridgehead atoms. The molecule has 2 aromatic rings. The van der Waals surface area contributed by atoms with Crippen LogP contribution in [0, 0.1) is 0 Å². The van der Waals surface area contributed by atoms with Gasteiger partial charge in [0.1, 0.15) is 0 Å². The zero-order valence-corrected chi connectivity index (χ0v) is 11.9. The van der Waals surface area contributed by atoms with Crippen LogP contribution in [0.15, 0.2) is 42.5 Å². The number of ketones is 2. The maximum Gasteiger partial charge on any atom is 0.234 e. The van der Waals surface area contributed by atoms with E-state index in [-0.39, 0.29) is 5.41 Å². The van der Waals surface area contributed by atoms with Crippen LogP contribution >= 0.6 is 0 Å². The lowest BCUT2D eigenvalue weighted by atomic mass is 9.79. The summed E-state index contributed by atoms with van der Waals surface area (Å²) in [7, 11) is 0. The van der Waals surface area contributed by atoms with Gasteiger partial charge in [0.15, 0.2) is 0 Å². The molecule has 100 valence electrons. The Balaban J connectivity index is 2.29. The normalized spacial score (nSPS) is 13.9. The molecule has 0 aliphatic heterocycles. The van der Waals surface area contributed by atoms with Gasteiger partial charge in [-0.3, -0.25) is 9.59 Å². The van der Waals surface area contributed by atoms with Crippen molar-refractivity contribution < 1.29 is 9.59 Å². The number of carbonyl (C=O) groups excluding carboxylic acids is 2. The van der Waals surface area contributed by atoms with Crippen molar-refractivity contribution in [3.05, 3.63) is 59.2 Å². The van der Waals surface area contributed by atoms with Gasteiger partial charge < -0.3 is 0 Å². The van der Waals surface area contributed by atoms with Crippen molar-refractivity contribution in [1.29, 1.82) is 0 Å². The lowest BCUT2D eigenvalue weighted by molar-refractivity contribution is 0.0815. The Morgan fingerprint density at radius 3 is 1.90 bits per heavy atom. The van der Waals surface area contributed by atoms with E-state index in [1.807, 2.05) is 30.3 Å². The Kier molecular flexibility index (Phi) is 2.65. The molecule has 0 aromatic heterocycles. The predicted molar refractivity (Wildman–Crippen MR) is 79.2 cm³/mol. The Labute approximate surface area is 118 Å². The first kappa shape index (κ1) is 12.8. The highest BCUT2D eigenvalue weighted by Gasteiger charge is 2.31. The van der Waals surface area contributed by atoms with Crippen molar-refractivity contribution in [2.24, 2.45) is 0 Å². The van der Waals surface area contributed by atoms with Crippen molar-refractivity contribution in [3.8, 4) is 11.1 Å². The summed E-state index contributed by atoms with van der Waals surface area (Å²) in [5.41, 5.74) is 3.77. The predicted octanol–water partition coefficient (Wildman–Crippen LogP) is 4.03. The Hall–Kier alpha value is -2.22.